The Bertz CT molecular complexity index is 1180. The summed E-state index contributed by atoms with van der Waals surface area (Å²) in [5.74, 6) is 0.266. The number of guanidine groups is 1. The molecule has 0 saturated heterocycles. The number of amides is 1. The number of carbonyl (C=O) groups is 1. The molecule has 1 amide bonds. The van der Waals surface area contributed by atoms with Crippen molar-refractivity contribution >= 4 is 39.9 Å². The second-order valence-electron chi connectivity index (χ2n) is 6.68. The largest absolute Gasteiger partial charge is 0.353 e. The highest BCUT2D eigenvalue weighted by atomic mass is 16.6. The summed E-state index contributed by atoms with van der Waals surface area (Å²) < 4.78 is 0. The van der Waals surface area contributed by atoms with Gasteiger partial charge >= 0.3 is 0 Å². The predicted octanol–water partition coefficient (Wildman–Crippen LogP) is 2.60. The van der Waals surface area contributed by atoms with Gasteiger partial charge in [-0.15, -0.1) is 0 Å². The Morgan fingerprint density at radius 2 is 2.03 bits per heavy atom. The van der Waals surface area contributed by atoms with E-state index in [2.05, 4.69) is 31.1 Å². The van der Waals surface area contributed by atoms with Gasteiger partial charge in [0.15, 0.2) is 0 Å². The number of para-hydroxylation sites is 1. The predicted molar refractivity (Wildman–Crippen MR) is 115 cm³/mol. The number of hydrazone groups is 1. The summed E-state index contributed by atoms with van der Waals surface area (Å²) in [6.45, 7) is 3.40. The lowest BCUT2D eigenvalue weighted by Crippen LogP contribution is -2.30. The zero-order valence-corrected chi connectivity index (χ0v) is 16.1. The summed E-state index contributed by atoms with van der Waals surface area (Å²) in [6.07, 6.45) is 0. The molecule has 0 spiro atoms. The summed E-state index contributed by atoms with van der Waals surface area (Å²) in [5.41, 5.74) is 5.63. The van der Waals surface area contributed by atoms with E-state index in [4.69, 9.17) is 0 Å². The Kier molecular flexibility index (Phi) is 5.12. The van der Waals surface area contributed by atoms with Crippen LogP contribution in [0.15, 0.2) is 58.6 Å². The summed E-state index contributed by atoms with van der Waals surface area (Å²) >= 11 is 0. The first-order chi connectivity index (χ1) is 14.5. The number of nitro groups is 1. The molecular weight excluding hydrogens is 386 g/mol. The molecule has 0 radical (unpaired) electrons. The number of nitrogens with one attached hydrogen (secondary N) is 4. The number of aromatic amines is 1. The van der Waals surface area contributed by atoms with Crippen LogP contribution in [0.3, 0.4) is 0 Å². The second kappa shape index (κ2) is 8.03. The first-order valence-electron chi connectivity index (χ1n) is 9.28. The van der Waals surface area contributed by atoms with E-state index >= 15 is 0 Å². The third-order valence-electron chi connectivity index (χ3n) is 4.64. The Morgan fingerprint density at radius 1 is 1.23 bits per heavy atom. The highest BCUT2D eigenvalue weighted by Gasteiger charge is 2.17. The van der Waals surface area contributed by atoms with Crippen LogP contribution in [0.25, 0.3) is 10.9 Å². The number of non-ortho nitro benzene ring substituents is 1. The molecule has 0 atom stereocenters. The molecule has 3 aromatic rings. The lowest BCUT2D eigenvalue weighted by Gasteiger charge is -2.06. The molecule has 0 bridgehead atoms. The van der Waals surface area contributed by atoms with Crippen LogP contribution in [0, 0.1) is 10.1 Å². The number of H-pyrrole nitrogens is 1. The summed E-state index contributed by atoms with van der Waals surface area (Å²) in [6, 6.07) is 13.5. The smallest absolute Gasteiger partial charge is 0.293 e. The van der Waals surface area contributed by atoms with Crippen molar-refractivity contribution in [3.8, 4) is 0 Å². The van der Waals surface area contributed by atoms with Crippen LogP contribution in [0.1, 0.15) is 23.0 Å². The van der Waals surface area contributed by atoms with Crippen molar-refractivity contribution in [2.24, 2.45) is 10.1 Å². The zero-order valence-electron chi connectivity index (χ0n) is 16.1. The average molecular weight is 405 g/mol. The number of fused-ring (bicyclic) bond motifs is 1. The summed E-state index contributed by atoms with van der Waals surface area (Å²) in [7, 11) is 0. The second-order valence-corrected chi connectivity index (χ2v) is 6.68. The van der Waals surface area contributed by atoms with Gasteiger partial charge in [0.05, 0.1) is 17.2 Å². The molecular formula is C20H19N7O3. The Hall–Kier alpha value is -4.21. The highest BCUT2D eigenvalue weighted by molar-refractivity contribution is 6.07. The van der Waals surface area contributed by atoms with Gasteiger partial charge in [-0.2, -0.15) is 5.10 Å². The van der Waals surface area contributed by atoms with Crippen molar-refractivity contribution in [2.45, 2.75) is 6.92 Å². The van der Waals surface area contributed by atoms with E-state index in [-0.39, 0.29) is 17.3 Å². The fraction of sp³-hybridized carbons (Fsp3) is 0.150. The monoisotopic (exact) mass is 405 g/mol. The normalized spacial score (nSPS) is 13.6. The maximum Gasteiger partial charge on any atom is 0.293 e. The number of anilines is 1. The van der Waals surface area contributed by atoms with E-state index in [9.17, 15) is 14.9 Å². The molecule has 1 aromatic heterocycles. The molecule has 0 unspecified atom stereocenters. The Labute approximate surface area is 171 Å². The van der Waals surface area contributed by atoms with Crippen molar-refractivity contribution in [3.63, 3.8) is 0 Å². The first-order valence-corrected chi connectivity index (χ1v) is 9.28. The number of nitrogens with zero attached hydrogens (tertiary/aromatic N) is 3. The van der Waals surface area contributed by atoms with E-state index < -0.39 is 4.92 Å². The topological polar surface area (TPSA) is 137 Å². The van der Waals surface area contributed by atoms with Crippen LogP contribution in [-0.4, -0.2) is 40.6 Å². The number of benzene rings is 2. The number of aromatic nitrogens is 1. The Morgan fingerprint density at radius 3 is 2.73 bits per heavy atom. The molecule has 4 N–H and O–H groups in total. The molecule has 0 aliphatic carbocycles. The molecule has 2 heterocycles. The first kappa shape index (κ1) is 19.1. The lowest BCUT2D eigenvalue weighted by molar-refractivity contribution is -0.383. The van der Waals surface area contributed by atoms with E-state index in [1.54, 1.807) is 30.3 Å². The van der Waals surface area contributed by atoms with Gasteiger partial charge in [0.25, 0.3) is 11.6 Å². The minimum atomic E-state index is -0.479. The zero-order chi connectivity index (χ0) is 21.1. The maximum atomic E-state index is 12.6. The number of hydrogen-bond donors (Lipinski definition) is 4. The van der Waals surface area contributed by atoms with Gasteiger partial charge in [-0.1, -0.05) is 24.3 Å². The fourth-order valence-corrected chi connectivity index (χ4v) is 3.08. The van der Waals surface area contributed by atoms with Gasteiger partial charge < -0.3 is 15.6 Å². The van der Waals surface area contributed by atoms with Gasteiger partial charge in [-0.05, 0) is 30.7 Å². The molecule has 10 heteroatoms. The number of nitro benzene ring substituents is 1. The Balaban J connectivity index is 1.46. The van der Waals surface area contributed by atoms with E-state index in [0.29, 0.717) is 22.5 Å². The van der Waals surface area contributed by atoms with Crippen LogP contribution in [0.4, 0.5) is 11.4 Å². The molecule has 2 aromatic carbocycles. The van der Waals surface area contributed by atoms with Gasteiger partial charge in [0.1, 0.15) is 11.2 Å². The molecule has 0 fully saturated rings. The minimum absolute atomic E-state index is 0.0713. The van der Waals surface area contributed by atoms with Crippen LogP contribution >= 0.6 is 0 Å². The average Bonchev–Trinajstić information content (AvgIpc) is 3.41. The number of carbonyl (C=O) groups excluding carboxylic acids is 1. The van der Waals surface area contributed by atoms with Gasteiger partial charge in [0, 0.05) is 23.7 Å². The summed E-state index contributed by atoms with van der Waals surface area (Å²) in [4.78, 5) is 30.3. The van der Waals surface area contributed by atoms with Crippen LogP contribution in [-0.2, 0) is 0 Å². The molecule has 1 aliphatic rings. The van der Waals surface area contributed by atoms with E-state index in [0.717, 1.165) is 24.4 Å². The van der Waals surface area contributed by atoms with Gasteiger partial charge in [0.2, 0.25) is 5.96 Å². The molecule has 1 aliphatic heterocycles. The number of hydrogen-bond acceptors (Lipinski definition) is 7. The molecule has 0 saturated carbocycles. The third kappa shape index (κ3) is 3.97. The van der Waals surface area contributed by atoms with E-state index in [1.807, 2.05) is 19.1 Å². The molecule has 4 rings (SSSR count). The van der Waals surface area contributed by atoms with Crippen LogP contribution in [0.2, 0.25) is 0 Å². The SMILES string of the molecule is CC(=NNC1=NCCN1)c1ccc(NC(=O)c2cc3cccc([N+](=O)[O-])c3[nH]2)cc1. The molecule has 30 heavy (non-hydrogen) atoms. The van der Waals surface area contributed by atoms with Crippen molar-refractivity contribution in [3.05, 3.63) is 69.9 Å². The van der Waals surface area contributed by atoms with Crippen molar-refractivity contribution in [2.75, 3.05) is 18.4 Å². The maximum absolute atomic E-state index is 12.6. The fourth-order valence-electron chi connectivity index (χ4n) is 3.08. The summed E-state index contributed by atoms with van der Waals surface area (Å²) in [5, 5.41) is 21.9. The quantitative estimate of drug-likeness (QED) is 0.294. The highest BCUT2D eigenvalue weighted by Crippen LogP contribution is 2.25. The van der Waals surface area contributed by atoms with Gasteiger partial charge in [-0.25, -0.2) is 10.4 Å². The van der Waals surface area contributed by atoms with Crippen LogP contribution in [0.5, 0.6) is 0 Å². The van der Waals surface area contributed by atoms with Crippen molar-refractivity contribution < 1.29 is 9.72 Å². The van der Waals surface area contributed by atoms with Crippen molar-refractivity contribution in [1.29, 1.82) is 0 Å². The number of rotatable bonds is 5. The minimum Gasteiger partial charge on any atom is -0.353 e. The van der Waals surface area contributed by atoms with E-state index in [1.165, 1.54) is 6.07 Å². The van der Waals surface area contributed by atoms with Gasteiger partial charge in [-0.3, -0.25) is 14.9 Å². The molecule has 152 valence electrons. The third-order valence-corrected chi connectivity index (χ3v) is 4.64. The number of aliphatic imine (C=N–C) groups is 1. The van der Waals surface area contributed by atoms with Crippen molar-refractivity contribution in [1.82, 2.24) is 15.7 Å². The lowest BCUT2D eigenvalue weighted by atomic mass is 10.1. The molecule has 10 nitrogen and oxygen atoms in total. The van der Waals surface area contributed by atoms with Crippen LogP contribution < -0.4 is 16.1 Å². The standard InChI is InChI=1S/C20H19N7O3/c1-12(25-26-20-21-9-10-22-20)13-5-7-15(8-6-13)23-19(28)16-11-14-3-2-4-17(27(29)30)18(14)24-16/h2-8,11,24H,9-10H2,1H3,(H,23,28)(H2,21,22,26).